The van der Waals surface area contributed by atoms with E-state index in [4.69, 9.17) is 9.47 Å². The molecule has 2 heterocycles. The van der Waals surface area contributed by atoms with Crippen molar-refractivity contribution in [3.8, 4) is 11.1 Å². The Hall–Kier alpha value is -3.77. The van der Waals surface area contributed by atoms with Crippen molar-refractivity contribution < 1.29 is 19.4 Å². The van der Waals surface area contributed by atoms with E-state index in [9.17, 15) is 9.90 Å². The predicted molar refractivity (Wildman–Crippen MR) is 156 cm³/mol. The van der Waals surface area contributed by atoms with Gasteiger partial charge in [0.2, 0.25) is 5.16 Å². The van der Waals surface area contributed by atoms with E-state index in [-0.39, 0.29) is 24.8 Å². The molecule has 0 bridgehead atoms. The Morgan fingerprint density at radius 2 is 1.78 bits per heavy atom. The van der Waals surface area contributed by atoms with Crippen LogP contribution in [0.3, 0.4) is 0 Å². The second kappa shape index (κ2) is 13.7. The maximum Gasteiger partial charge on any atom is 0.315 e. The van der Waals surface area contributed by atoms with E-state index in [2.05, 4.69) is 50.4 Å². The van der Waals surface area contributed by atoms with Gasteiger partial charge < -0.3 is 25.2 Å². The number of tetrazole rings is 1. The molecule has 3 atom stereocenters. The Bertz CT molecular complexity index is 1450. The summed E-state index contributed by atoms with van der Waals surface area (Å²) in [6.07, 6.45) is -0.187. The lowest BCUT2D eigenvalue weighted by Crippen LogP contribution is -2.34. The Balaban J connectivity index is 1.36. The number of hydrogen-bond acceptors (Lipinski definition) is 8. The molecule has 0 radical (unpaired) electrons. The summed E-state index contributed by atoms with van der Waals surface area (Å²) in [5.74, 6) is 0.666. The molecule has 1 fully saturated rings. The minimum absolute atomic E-state index is 0.00146. The highest BCUT2D eigenvalue weighted by molar-refractivity contribution is 7.99. The van der Waals surface area contributed by atoms with Gasteiger partial charge in [0, 0.05) is 37.9 Å². The Morgan fingerprint density at radius 3 is 2.51 bits per heavy atom. The summed E-state index contributed by atoms with van der Waals surface area (Å²) in [6, 6.07) is 24.0. The first-order chi connectivity index (χ1) is 20.0. The minimum Gasteiger partial charge on any atom is -0.392 e. The largest absolute Gasteiger partial charge is 0.392 e. The Labute approximate surface area is 243 Å². The minimum atomic E-state index is -0.572. The molecule has 1 aliphatic rings. The van der Waals surface area contributed by atoms with Crippen LogP contribution in [-0.4, -0.2) is 49.7 Å². The van der Waals surface area contributed by atoms with Gasteiger partial charge in [0.1, 0.15) is 0 Å². The van der Waals surface area contributed by atoms with E-state index in [0.717, 1.165) is 38.5 Å². The number of amides is 2. The van der Waals surface area contributed by atoms with E-state index in [1.807, 2.05) is 62.5 Å². The van der Waals surface area contributed by atoms with Gasteiger partial charge in [-0.3, -0.25) is 0 Å². The molecular formula is C30H34N6O4S. The normalized spacial score (nSPS) is 18.7. The molecule has 1 aromatic heterocycles. The SMILES string of the molecule is CCNC(=O)NCc1cccc(-c2cccc([C@H]3O[C@@H](CSc4nnnn4C)C[C@@H](c4ccc(CO)cc4)O3)c2)c1. The summed E-state index contributed by atoms with van der Waals surface area (Å²) in [5.41, 5.74) is 5.88. The lowest BCUT2D eigenvalue weighted by molar-refractivity contribution is -0.245. The van der Waals surface area contributed by atoms with Crippen LogP contribution in [0.5, 0.6) is 0 Å². The fraction of sp³-hybridized carbons (Fsp3) is 0.333. The summed E-state index contributed by atoms with van der Waals surface area (Å²) >= 11 is 1.55. The number of carbonyl (C=O) groups is 1. The lowest BCUT2D eigenvalue weighted by atomic mass is 9.99. The van der Waals surface area contributed by atoms with Crippen molar-refractivity contribution in [3.63, 3.8) is 0 Å². The molecule has 10 nitrogen and oxygen atoms in total. The van der Waals surface area contributed by atoms with Gasteiger partial charge in [0.15, 0.2) is 6.29 Å². The van der Waals surface area contributed by atoms with Crippen LogP contribution in [0, 0.1) is 0 Å². The topological polar surface area (TPSA) is 123 Å². The average molecular weight is 575 g/mol. The highest BCUT2D eigenvalue weighted by atomic mass is 32.2. The number of aromatic nitrogens is 4. The van der Waals surface area contributed by atoms with Crippen LogP contribution in [-0.2, 0) is 29.7 Å². The van der Waals surface area contributed by atoms with Crippen LogP contribution in [0.1, 0.15) is 48.0 Å². The van der Waals surface area contributed by atoms with Gasteiger partial charge in [-0.05, 0) is 57.3 Å². The fourth-order valence-corrected chi connectivity index (χ4v) is 5.53. The van der Waals surface area contributed by atoms with Crippen LogP contribution in [0.2, 0.25) is 0 Å². The molecule has 11 heteroatoms. The summed E-state index contributed by atoms with van der Waals surface area (Å²) < 4.78 is 14.7. The third kappa shape index (κ3) is 7.50. The number of benzene rings is 3. The van der Waals surface area contributed by atoms with Gasteiger partial charge in [-0.25, -0.2) is 9.48 Å². The van der Waals surface area contributed by atoms with Crippen molar-refractivity contribution in [1.29, 1.82) is 0 Å². The molecular weight excluding hydrogens is 540 g/mol. The predicted octanol–water partition coefficient (Wildman–Crippen LogP) is 4.53. The van der Waals surface area contributed by atoms with E-state index < -0.39 is 6.29 Å². The molecule has 0 spiro atoms. The van der Waals surface area contributed by atoms with Gasteiger partial charge in [-0.2, -0.15) is 0 Å². The van der Waals surface area contributed by atoms with Crippen molar-refractivity contribution in [3.05, 3.63) is 95.1 Å². The average Bonchev–Trinajstić information content (AvgIpc) is 3.43. The Morgan fingerprint density at radius 1 is 1.00 bits per heavy atom. The molecule has 2 amide bonds. The molecule has 4 aromatic rings. The van der Waals surface area contributed by atoms with E-state index in [0.29, 0.717) is 25.3 Å². The van der Waals surface area contributed by atoms with Gasteiger partial charge in [-0.1, -0.05) is 72.4 Å². The van der Waals surface area contributed by atoms with Crippen LogP contribution >= 0.6 is 11.8 Å². The number of rotatable bonds is 10. The Kier molecular flexibility index (Phi) is 9.63. The smallest absolute Gasteiger partial charge is 0.315 e. The fourth-order valence-electron chi connectivity index (χ4n) is 4.66. The highest BCUT2D eigenvalue weighted by Gasteiger charge is 2.32. The molecule has 41 heavy (non-hydrogen) atoms. The zero-order chi connectivity index (χ0) is 28.6. The zero-order valence-electron chi connectivity index (χ0n) is 23.1. The molecule has 1 saturated heterocycles. The summed E-state index contributed by atoms with van der Waals surface area (Å²) in [6.45, 7) is 2.90. The number of aryl methyl sites for hydroxylation is 1. The first kappa shape index (κ1) is 28.7. The number of aliphatic hydroxyl groups excluding tert-OH is 1. The van der Waals surface area contributed by atoms with Crippen molar-refractivity contribution in [2.24, 2.45) is 7.05 Å². The van der Waals surface area contributed by atoms with Crippen molar-refractivity contribution in [2.75, 3.05) is 12.3 Å². The molecule has 0 unspecified atom stereocenters. The monoisotopic (exact) mass is 574 g/mol. The number of carbonyl (C=O) groups excluding carboxylic acids is 1. The third-order valence-corrected chi connectivity index (χ3v) is 7.95. The van der Waals surface area contributed by atoms with Crippen LogP contribution in [0.4, 0.5) is 4.79 Å². The second-order valence-corrected chi connectivity index (χ2v) is 10.8. The standard InChI is InChI=1S/C30H34N6O4S/c1-3-31-29(38)32-17-21-6-4-7-23(14-21)24-8-5-9-25(15-24)28-39-26(19-41-30-33-34-35-36(30)2)16-27(40-28)22-12-10-20(18-37)11-13-22/h4-15,26-28,37H,3,16-19H2,1-2H3,(H2,31,32,38)/t26-,27+,28+/m1/s1. The number of nitrogens with zero attached hydrogens (tertiary/aromatic N) is 4. The molecule has 0 saturated carbocycles. The van der Waals surface area contributed by atoms with Gasteiger partial charge in [0.05, 0.1) is 18.8 Å². The maximum atomic E-state index is 11.8. The first-order valence-corrected chi connectivity index (χ1v) is 14.6. The van der Waals surface area contributed by atoms with Crippen molar-refractivity contribution in [2.45, 2.75) is 50.2 Å². The third-order valence-electron chi connectivity index (χ3n) is 6.80. The number of aliphatic hydroxyl groups is 1. The number of hydrogen-bond donors (Lipinski definition) is 3. The molecule has 3 N–H and O–H groups in total. The molecule has 214 valence electrons. The van der Waals surface area contributed by atoms with Crippen LogP contribution < -0.4 is 10.6 Å². The van der Waals surface area contributed by atoms with Crippen molar-refractivity contribution in [1.82, 2.24) is 30.8 Å². The zero-order valence-corrected chi connectivity index (χ0v) is 23.9. The number of ether oxygens (including phenoxy) is 2. The van der Waals surface area contributed by atoms with E-state index in [1.165, 1.54) is 0 Å². The molecule has 0 aliphatic carbocycles. The van der Waals surface area contributed by atoms with Gasteiger partial charge in [0.25, 0.3) is 0 Å². The van der Waals surface area contributed by atoms with Gasteiger partial charge in [-0.15, -0.1) is 5.10 Å². The number of urea groups is 1. The van der Waals surface area contributed by atoms with Gasteiger partial charge >= 0.3 is 6.03 Å². The number of thioether (sulfide) groups is 1. The molecule has 5 rings (SSSR count). The maximum absolute atomic E-state index is 11.8. The lowest BCUT2D eigenvalue weighted by Gasteiger charge is -2.36. The first-order valence-electron chi connectivity index (χ1n) is 13.6. The van der Waals surface area contributed by atoms with Crippen LogP contribution in [0.25, 0.3) is 11.1 Å². The summed E-state index contributed by atoms with van der Waals surface area (Å²) in [5, 5.41) is 27.6. The molecule has 1 aliphatic heterocycles. The van der Waals surface area contributed by atoms with Crippen LogP contribution in [0.15, 0.2) is 78.0 Å². The van der Waals surface area contributed by atoms with Crippen molar-refractivity contribution >= 4 is 17.8 Å². The summed E-state index contributed by atoms with van der Waals surface area (Å²) in [7, 11) is 1.82. The quantitative estimate of drug-likeness (QED) is 0.236. The second-order valence-electron chi connectivity index (χ2n) is 9.79. The van der Waals surface area contributed by atoms with E-state index >= 15 is 0 Å². The number of nitrogens with one attached hydrogen (secondary N) is 2. The van der Waals surface area contributed by atoms with E-state index in [1.54, 1.807) is 16.4 Å². The highest BCUT2D eigenvalue weighted by Crippen LogP contribution is 2.40. The summed E-state index contributed by atoms with van der Waals surface area (Å²) in [4.78, 5) is 11.8. The molecule has 3 aromatic carbocycles.